The average molecular weight is 308 g/mol. The number of ketones is 1. The predicted octanol–water partition coefficient (Wildman–Crippen LogP) is 5.37. The van der Waals surface area contributed by atoms with E-state index in [0.717, 1.165) is 11.3 Å². The number of Topliss-reactive ketones (excluding diaryl/α,β-unsaturated/α-hetero) is 1. The number of hydrogen-bond donors (Lipinski definition) is 1. The van der Waals surface area contributed by atoms with Crippen LogP contribution in [0.2, 0.25) is 10.0 Å². The van der Waals surface area contributed by atoms with Gasteiger partial charge in [0.2, 0.25) is 0 Å². The van der Waals surface area contributed by atoms with Gasteiger partial charge in [-0.2, -0.15) is 0 Å². The van der Waals surface area contributed by atoms with Gasteiger partial charge in [-0.3, -0.25) is 4.79 Å². The van der Waals surface area contributed by atoms with Gasteiger partial charge < -0.3 is 5.32 Å². The lowest BCUT2D eigenvalue weighted by Gasteiger charge is -2.17. The van der Waals surface area contributed by atoms with Crippen LogP contribution in [0.15, 0.2) is 42.5 Å². The second kappa shape index (κ2) is 6.29. The predicted molar refractivity (Wildman–Crippen MR) is 84.9 cm³/mol. The molecule has 0 amide bonds. The fraction of sp³-hybridized carbons (Fsp3) is 0.188. The number of benzene rings is 2. The van der Waals surface area contributed by atoms with Gasteiger partial charge in [-0.05, 0) is 55.8 Å². The Labute approximate surface area is 128 Å². The number of halogens is 2. The molecule has 2 aromatic carbocycles. The van der Waals surface area contributed by atoms with Crippen molar-refractivity contribution in [2.75, 3.05) is 5.32 Å². The first-order valence-corrected chi connectivity index (χ1v) is 7.05. The topological polar surface area (TPSA) is 29.1 Å². The summed E-state index contributed by atoms with van der Waals surface area (Å²) in [7, 11) is 0. The molecule has 0 radical (unpaired) electrons. The van der Waals surface area contributed by atoms with Crippen molar-refractivity contribution in [2.45, 2.75) is 19.9 Å². The highest BCUT2D eigenvalue weighted by molar-refractivity contribution is 6.35. The first-order chi connectivity index (χ1) is 9.47. The summed E-state index contributed by atoms with van der Waals surface area (Å²) in [5, 5.41) is 4.60. The van der Waals surface area contributed by atoms with Gasteiger partial charge in [0.15, 0.2) is 5.78 Å². The number of rotatable bonds is 4. The van der Waals surface area contributed by atoms with Crippen LogP contribution < -0.4 is 5.32 Å². The zero-order valence-electron chi connectivity index (χ0n) is 11.3. The molecule has 2 aromatic rings. The summed E-state index contributed by atoms with van der Waals surface area (Å²) in [5.41, 5.74) is 2.62. The Morgan fingerprint density at radius 3 is 2.30 bits per heavy atom. The van der Waals surface area contributed by atoms with Crippen LogP contribution in [0.5, 0.6) is 0 Å². The van der Waals surface area contributed by atoms with Crippen LogP contribution in [0.3, 0.4) is 0 Å². The maximum absolute atomic E-state index is 11.2. The third kappa shape index (κ3) is 3.53. The van der Waals surface area contributed by atoms with E-state index in [2.05, 4.69) is 5.32 Å². The fourth-order valence-corrected chi connectivity index (χ4v) is 2.55. The van der Waals surface area contributed by atoms with Crippen molar-refractivity contribution in [3.63, 3.8) is 0 Å². The van der Waals surface area contributed by atoms with Gasteiger partial charge >= 0.3 is 0 Å². The van der Waals surface area contributed by atoms with Gasteiger partial charge in [0.25, 0.3) is 0 Å². The second-order valence-corrected chi connectivity index (χ2v) is 5.51. The molecule has 0 aromatic heterocycles. The van der Waals surface area contributed by atoms with Gasteiger partial charge in [0.05, 0.1) is 0 Å². The van der Waals surface area contributed by atoms with Gasteiger partial charge in [-0.1, -0.05) is 29.3 Å². The molecular formula is C16H15Cl2NO. The highest BCUT2D eigenvalue weighted by Crippen LogP contribution is 2.28. The van der Waals surface area contributed by atoms with Crippen LogP contribution in [-0.2, 0) is 0 Å². The number of anilines is 1. The van der Waals surface area contributed by atoms with E-state index in [9.17, 15) is 4.79 Å². The molecule has 104 valence electrons. The van der Waals surface area contributed by atoms with Crippen LogP contribution >= 0.6 is 23.2 Å². The monoisotopic (exact) mass is 307 g/mol. The number of nitrogens with one attached hydrogen (secondary N) is 1. The molecule has 2 rings (SSSR count). The van der Waals surface area contributed by atoms with E-state index >= 15 is 0 Å². The highest BCUT2D eigenvalue weighted by atomic mass is 35.5. The summed E-state index contributed by atoms with van der Waals surface area (Å²) >= 11 is 12.1. The van der Waals surface area contributed by atoms with Crippen LogP contribution in [0.25, 0.3) is 0 Å². The van der Waals surface area contributed by atoms with E-state index < -0.39 is 0 Å². The Kier molecular flexibility index (Phi) is 4.69. The third-order valence-corrected chi connectivity index (χ3v) is 3.67. The first kappa shape index (κ1) is 14.9. The van der Waals surface area contributed by atoms with Gasteiger partial charge in [-0.25, -0.2) is 0 Å². The Bertz CT molecular complexity index is 623. The molecule has 0 fully saturated rings. The fourth-order valence-electron chi connectivity index (χ4n) is 1.98. The summed E-state index contributed by atoms with van der Waals surface area (Å²) in [6.07, 6.45) is 0. The highest BCUT2D eigenvalue weighted by Gasteiger charge is 2.10. The van der Waals surface area contributed by atoms with Crippen LogP contribution in [0.1, 0.15) is 35.8 Å². The van der Waals surface area contributed by atoms with E-state index in [1.807, 2.05) is 31.2 Å². The van der Waals surface area contributed by atoms with Crippen LogP contribution in [0.4, 0.5) is 5.69 Å². The van der Waals surface area contributed by atoms with E-state index in [1.54, 1.807) is 25.1 Å². The molecule has 0 aliphatic rings. The van der Waals surface area contributed by atoms with E-state index in [0.29, 0.717) is 15.6 Å². The number of hydrogen-bond acceptors (Lipinski definition) is 2. The molecule has 4 heteroatoms. The second-order valence-electron chi connectivity index (χ2n) is 4.67. The molecule has 20 heavy (non-hydrogen) atoms. The summed E-state index contributed by atoms with van der Waals surface area (Å²) in [6.45, 7) is 3.58. The number of carbonyl (C=O) groups excluding carboxylic acids is 1. The van der Waals surface area contributed by atoms with Crippen LogP contribution in [-0.4, -0.2) is 5.78 Å². The lowest BCUT2D eigenvalue weighted by Crippen LogP contribution is -2.07. The van der Waals surface area contributed by atoms with Gasteiger partial charge in [0, 0.05) is 27.3 Å². The van der Waals surface area contributed by atoms with Crippen molar-refractivity contribution in [1.82, 2.24) is 0 Å². The molecule has 1 unspecified atom stereocenters. The molecule has 2 nitrogen and oxygen atoms in total. The van der Waals surface area contributed by atoms with Crippen molar-refractivity contribution in [1.29, 1.82) is 0 Å². The molecule has 0 aliphatic heterocycles. The maximum Gasteiger partial charge on any atom is 0.159 e. The molecule has 1 atom stereocenters. The molecule has 0 bridgehead atoms. The average Bonchev–Trinajstić information content (AvgIpc) is 2.39. The minimum atomic E-state index is 0.0444. The maximum atomic E-state index is 11.2. The lowest BCUT2D eigenvalue weighted by molar-refractivity contribution is 0.101. The van der Waals surface area contributed by atoms with Crippen molar-refractivity contribution >= 4 is 34.7 Å². The Morgan fingerprint density at radius 2 is 1.75 bits per heavy atom. The standard InChI is InChI=1S/C16H15Cl2NO/c1-10(15-8-5-13(17)9-16(15)18)19-14-6-3-12(4-7-14)11(2)20/h3-10,19H,1-2H3. The number of carbonyl (C=O) groups is 1. The zero-order valence-corrected chi connectivity index (χ0v) is 12.8. The molecule has 0 spiro atoms. The van der Waals surface area contributed by atoms with Crippen LogP contribution in [0, 0.1) is 0 Å². The minimum Gasteiger partial charge on any atom is -0.378 e. The molecule has 0 saturated heterocycles. The SMILES string of the molecule is CC(=O)c1ccc(NC(C)c2ccc(Cl)cc2Cl)cc1. The zero-order chi connectivity index (χ0) is 14.7. The largest absolute Gasteiger partial charge is 0.378 e. The molecular weight excluding hydrogens is 293 g/mol. The van der Waals surface area contributed by atoms with E-state index in [-0.39, 0.29) is 11.8 Å². The van der Waals surface area contributed by atoms with E-state index in [4.69, 9.17) is 23.2 Å². The first-order valence-electron chi connectivity index (χ1n) is 6.30. The summed E-state index contributed by atoms with van der Waals surface area (Å²) in [5.74, 6) is 0.0605. The molecule has 0 saturated carbocycles. The van der Waals surface area contributed by atoms with Gasteiger partial charge in [-0.15, -0.1) is 0 Å². The Morgan fingerprint density at radius 1 is 1.10 bits per heavy atom. The van der Waals surface area contributed by atoms with Crippen molar-refractivity contribution in [3.8, 4) is 0 Å². The van der Waals surface area contributed by atoms with E-state index in [1.165, 1.54) is 0 Å². The lowest BCUT2D eigenvalue weighted by atomic mass is 10.1. The molecule has 1 N–H and O–H groups in total. The van der Waals surface area contributed by atoms with Crippen molar-refractivity contribution < 1.29 is 4.79 Å². The molecule has 0 heterocycles. The van der Waals surface area contributed by atoms with Gasteiger partial charge in [0.1, 0.15) is 0 Å². The summed E-state index contributed by atoms with van der Waals surface area (Å²) in [6, 6.07) is 12.9. The third-order valence-electron chi connectivity index (χ3n) is 3.10. The summed E-state index contributed by atoms with van der Waals surface area (Å²) in [4.78, 5) is 11.2. The Balaban J connectivity index is 2.14. The quantitative estimate of drug-likeness (QED) is 0.769. The minimum absolute atomic E-state index is 0.0444. The molecule has 0 aliphatic carbocycles. The Hall–Kier alpha value is -1.51. The normalized spacial score (nSPS) is 12.0. The van der Waals surface area contributed by atoms with Crippen molar-refractivity contribution in [2.24, 2.45) is 0 Å². The van der Waals surface area contributed by atoms with Crippen molar-refractivity contribution in [3.05, 3.63) is 63.6 Å². The summed E-state index contributed by atoms with van der Waals surface area (Å²) < 4.78 is 0. The smallest absolute Gasteiger partial charge is 0.159 e.